The van der Waals surface area contributed by atoms with E-state index < -0.39 is 11.6 Å². The van der Waals surface area contributed by atoms with E-state index in [-0.39, 0.29) is 49.2 Å². The van der Waals surface area contributed by atoms with Crippen LogP contribution < -0.4 is 20.3 Å². The maximum absolute atomic E-state index is 14.3. The highest BCUT2D eigenvalue weighted by molar-refractivity contribution is 7.59. The number of hydrogen-bond acceptors (Lipinski definition) is 7. The third-order valence-electron chi connectivity index (χ3n) is 5.79. The summed E-state index contributed by atoms with van der Waals surface area (Å²) in [5.41, 5.74) is 2.24. The zero-order valence-electron chi connectivity index (χ0n) is 20.2. The molecule has 9 nitrogen and oxygen atoms in total. The molecule has 3 aromatic rings. The Morgan fingerprint density at radius 2 is 1.97 bits per heavy atom. The highest BCUT2D eigenvalue weighted by Crippen LogP contribution is 2.34. The molecule has 2 N–H and O–H groups in total. The summed E-state index contributed by atoms with van der Waals surface area (Å²) in [5.74, 6) is -1.01. The Bertz CT molecular complexity index is 1230. The van der Waals surface area contributed by atoms with E-state index in [4.69, 9.17) is 4.74 Å². The topological polar surface area (TPSA) is 97.2 Å². The first-order valence-electron chi connectivity index (χ1n) is 10.9. The van der Waals surface area contributed by atoms with Crippen molar-refractivity contribution in [1.82, 2.24) is 19.7 Å². The Hall–Kier alpha value is -3.41. The van der Waals surface area contributed by atoms with Gasteiger partial charge < -0.3 is 20.3 Å². The number of carbonyl (C=O) groups is 1. The van der Waals surface area contributed by atoms with Crippen LogP contribution in [0.3, 0.4) is 0 Å². The number of aromatic nitrogens is 4. The second-order valence-corrected chi connectivity index (χ2v) is 8.57. The summed E-state index contributed by atoms with van der Waals surface area (Å²) in [4.78, 5) is 23.4. The molecule has 0 saturated heterocycles. The summed E-state index contributed by atoms with van der Waals surface area (Å²) in [7, 11) is 3.14. The summed E-state index contributed by atoms with van der Waals surface area (Å²) in [5, 5.41) is 10.3. The lowest BCUT2D eigenvalue weighted by atomic mass is 9.99. The molecule has 4 rings (SSSR count). The van der Waals surface area contributed by atoms with Gasteiger partial charge in [-0.25, -0.2) is 9.37 Å². The molecule has 0 radical (unpaired) electrons. The number of amides is 1. The predicted molar refractivity (Wildman–Crippen MR) is 134 cm³/mol. The number of likely N-dealkylation sites (N-methyl/N-ethyl adjacent to an activating group) is 1. The fourth-order valence-electron chi connectivity index (χ4n) is 4.08. The van der Waals surface area contributed by atoms with Crippen LogP contribution in [0.2, 0.25) is 0 Å². The van der Waals surface area contributed by atoms with Gasteiger partial charge in [0.25, 0.3) is 0 Å². The van der Waals surface area contributed by atoms with E-state index in [1.54, 1.807) is 12.4 Å². The molecule has 1 aromatic carbocycles. The Kier molecular flexibility index (Phi) is 7.83. The number of benzene rings is 1. The maximum atomic E-state index is 14.3. The van der Waals surface area contributed by atoms with Crippen LogP contribution in [0.25, 0.3) is 0 Å². The average Bonchev–Trinajstić information content (AvgIpc) is 3.24. The van der Waals surface area contributed by atoms with Crippen molar-refractivity contribution < 1.29 is 18.3 Å². The van der Waals surface area contributed by atoms with Crippen LogP contribution >= 0.6 is 13.5 Å². The first-order valence-corrected chi connectivity index (χ1v) is 10.9. The van der Waals surface area contributed by atoms with Crippen LogP contribution in [0.1, 0.15) is 30.7 Å². The van der Waals surface area contributed by atoms with Crippen molar-refractivity contribution in [3.8, 4) is 5.75 Å². The van der Waals surface area contributed by atoms with Gasteiger partial charge in [-0.2, -0.15) is 28.0 Å². The van der Waals surface area contributed by atoms with Crippen molar-refractivity contribution in [2.75, 3.05) is 29.7 Å². The van der Waals surface area contributed by atoms with Crippen LogP contribution in [-0.2, 0) is 17.9 Å². The zero-order valence-corrected chi connectivity index (χ0v) is 21.2. The highest BCUT2D eigenvalue weighted by Gasteiger charge is 2.35. The summed E-state index contributed by atoms with van der Waals surface area (Å²) in [6.07, 6.45) is 3.37. The smallest absolute Gasteiger partial charge is 0.247 e. The number of nitrogens with one attached hydrogen (secondary N) is 2. The molecule has 1 atom stereocenters. The standard InChI is InChI=1S/C23H27F2N7O2.H2S/c1-12(2)20-22(33)29-19-13(3)28-23(30-21(19)31(20)4)26-8-14-9-27-32(10-14)11-15-6-7-16(34-5)18(25)17(15)24;/h6-7,9-10,12,20H,8,11H2,1-5H3,(H,29,33)(H,26,28,30);1H2/t20-;/m0./s1. The Balaban J connectivity index is 0.00000342. The van der Waals surface area contributed by atoms with E-state index in [0.717, 1.165) is 5.56 Å². The van der Waals surface area contributed by atoms with Gasteiger partial charge in [0.15, 0.2) is 17.4 Å². The zero-order chi connectivity index (χ0) is 24.6. The van der Waals surface area contributed by atoms with Crippen LogP contribution in [0, 0.1) is 24.5 Å². The lowest BCUT2D eigenvalue weighted by molar-refractivity contribution is -0.118. The van der Waals surface area contributed by atoms with E-state index in [0.29, 0.717) is 29.7 Å². The van der Waals surface area contributed by atoms with Crippen molar-refractivity contribution in [2.24, 2.45) is 5.92 Å². The van der Waals surface area contributed by atoms with Gasteiger partial charge in [-0.1, -0.05) is 19.9 Å². The van der Waals surface area contributed by atoms with Gasteiger partial charge in [0.05, 0.1) is 25.5 Å². The summed E-state index contributed by atoms with van der Waals surface area (Å²) in [6, 6.07) is 2.54. The third kappa shape index (κ3) is 5.16. The van der Waals surface area contributed by atoms with E-state index in [1.165, 1.54) is 23.9 Å². The largest absolute Gasteiger partial charge is 0.494 e. The third-order valence-corrected chi connectivity index (χ3v) is 5.79. The van der Waals surface area contributed by atoms with E-state index >= 15 is 0 Å². The fourth-order valence-corrected chi connectivity index (χ4v) is 4.08. The minimum absolute atomic E-state index is 0. The minimum Gasteiger partial charge on any atom is -0.494 e. The molecule has 0 saturated carbocycles. The molecule has 1 aliphatic heterocycles. The maximum Gasteiger partial charge on any atom is 0.247 e. The quantitative estimate of drug-likeness (QED) is 0.508. The highest BCUT2D eigenvalue weighted by atomic mass is 32.1. The molecule has 1 aliphatic rings. The Morgan fingerprint density at radius 1 is 1.23 bits per heavy atom. The molecule has 188 valence electrons. The van der Waals surface area contributed by atoms with Crippen molar-refractivity contribution in [3.05, 3.63) is 53.0 Å². The van der Waals surface area contributed by atoms with Crippen LogP contribution in [0.15, 0.2) is 24.5 Å². The van der Waals surface area contributed by atoms with Crippen molar-refractivity contribution >= 4 is 36.9 Å². The number of ether oxygens (including phenoxy) is 1. The molecular weight excluding hydrogens is 476 g/mol. The molecule has 2 aromatic heterocycles. The second-order valence-electron chi connectivity index (χ2n) is 8.57. The molecule has 0 spiro atoms. The lowest BCUT2D eigenvalue weighted by Gasteiger charge is -2.36. The average molecular weight is 506 g/mol. The van der Waals surface area contributed by atoms with Gasteiger partial charge in [0.2, 0.25) is 17.7 Å². The van der Waals surface area contributed by atoms with Gasteiger partial charge in [-0.3, -0.25) is 9.48 Å². The number of halogens is 2. The number of rotatable bonds is 7. The van der Waals surface area contributed by atoms with Gasteiger partial charge in [0, 0.05) is 30.9 Å². The van der Waals surface area contributed by atoms with E-state index in [9.17, 15) is 13.6 Å². The summed E-state index contributed by atoms with van der Waals surface area (Å²) in [6.45, 7) is 6.24. The van der Waals surface area contributed by atoms with Crippen molar-refractivity contribution in [2.45, 2.75) is 39.9 Å². The molecule has 0 bridgehead atoms. The first-order chi connectivity index (χ1) is 16.2. The summed E-state index contributed by atoms with van der Waals surface area (Å²) >= 11 is 0. The number of fused-ring (bicyclic) bond motifs is 1. The SMILES string of the molecule is COc1ccc(Cn2cc(CNc3nc(C)c4c(n3)N(C)[C@@H](C(C)C)C(=O)N4)cn2)c(F)c1F.S. The van der Waals surface area contributed by atoms with Gasteiger partial charge in [0.1, 0.15) is 11.7 Å². The van der Waals surface area contributed by atoms with Crippen LogP contribution in [-0.4, -0.2) is 45.9 Å². The predicted octanol–water partition coefficient (Wildman–Crippen LogP) is 3.45. The minimum atomic E-state index is -1.02. The number of anilines is 3. The van der Waals surface area contributed by atoms with E-state index in [2.05, 4.69) is 25.7 Å². The Labute approximate surface area is 209 Å². The molecule has 1 amide bonds. The molecule has 0 unspecified atom stereocenters. The number of aryl methyl sites for hydroxylation is 1. The van der Waals surface area contributed by atoms with Crippen LogP contribution in [0.4, 0.5) is 26.2 Å². The Morgan fingerprint density at radius 3 is 2.66 bits per heavy atom. The lowest BCUT2D eigenvalue weighted by Crippen LogP contribution is -2.49. The van der Waals surface area contributed by atoms with Crippen molar-refractivity contribution in [1.29, 1.82) is 0 Å². The number of nitrogens with zero attached hydrogens (tertiary/aromatic N) is 5. The fraction of sp³-hybridized carbons (Fsp3) is 0.391. The van der Waals surface area contributed by atoms with Crippen LogP contribution in [0.5, 0.6) is 5.75 Å². The molecule has 12 heteroatoms. The second kappa shape index (κ2) is 10.5. The van der Waals surface area contributed by atoms with Gasteiger partial charge in [-0.05, 0) is 18.9 Å². The molecule has 3 heterocycles. The summed E-state index contributed by atoms with van der Waals surface area (Å²) < 4.78 is 34.6. The molecule has 0 fully saturated rings. The molecule has 0 aliphatic carbocycles. The number of hydrogen-bond donors (Lipinski definition) is 2. The monoisotopic (exact) mass is 505 g/mol. The van der Waals surface area contributed by atoms with E-state index in [1.807, 2.05) is 32.7 Å². The van der Waals surface area contributed by atoms with Crippen molar-refractivity contribution in [3.63, 3.8) is 0 Å². The molecule has 35 heavy (non-hydrogen) atoms. The molecular formula is C23H29F2N7O2S. The van der Waals surface area contributed by atoms with Gasteiger partial charge in [-0.15, -0.1) is 0 Å². The first kappa shape index (κ1) is 26.2. The number of carbonyl (C=O) groups excluding carboxylic acids is 1. The van der Waals surface area contributed by atoms with Gasteiger partial charge >= 0.3 is 0 Å². The number of methoxy groups -OCH3 is 1. The normalized spacial score (nSPS) is 14.9.